The molecule has 2 aromatic carbocycles. The van der Waals surface area contributed by atoms with Crippen LogP contribution >= 0.6 is 23.2 Å². The minimum absolute atomic E-state index is 0.319. The van der Waals surface area contributed by atoms with Crippen molar-refractivity contribution >= 4 is 34.1 Å². The number of hydrogen-bond acceptors (Lipinski definition) is 5. The highest BCUT2D eigenvalue weighted by Crippen LogP contribution is 2.41. The van der Waals surface area contributed by atoms with Crippen molar-refractivity contribution in [1.29, 1.82) is 0 Å². The van der Waals surface area contributed by atoms with Gasteiger partial charge in [0.15, 0.2) is 5.60 Å². The number of aliphatic hydroxyl groups is 1. The SMILES string of the molecule is Cn1ccnc1C(O)(c1ccnnc1)c1ccc2nc(Cl)c(-c3ccccc3)c(Cl)c2c1. The molecule has 5 aromatic rings. The van der Waals surface area contributed by atoms with Crippen LogP contribution in [0.15, 0.2) is 79.4 Å². The summed E-state index contributed by atoms with van der Waals surface area (Å²) in [5.74, 6) is 0.436. The van der Waals surface area contributed by atoms with Crippen LogP contribution in [0, 0.1) is 0 Å². The quantitative estimate of drug-likeness (QED) is 0.380. The molecule has 3 aromatic heterocycles. The molecular weight excluding hydrogens is 445 g/mol. The van der Waals surface area contributed by atoms with Gasteiger partial charge < -0.3 is 9.67 Å². The van der Waals surface area contributed by atoms with E-state index in [0.29, 0.717) is 43.6 Å². The van der Waals surface area contributed by atoms with Crippen molar-refractivity contribution in [2.24, 2.45) is 7.05 Å². The Labute approximate surface area is 194 Å². The zero-order chi connectivity index (χ0) is 22.3. The topological polar surface area (TPSA) is 76.7 Å². The lowest BCUT2D eigenvalue weighted by atomic mass is 9.85. The van der Waals surface area contributed by atoms with Crippen LogP contribution in [-0.2, 0) is 12.6 Å². The second kappa shape index (κ2) is 7.98. The number of benzene rings is 2. The van der Waals surface area contributed by atoms with Gasteiger partial charge in [0, 0.05) is 42.2 Å². The zero-order valence-electron chi connectivity index (χ0n) is 16.9. The molecule has 0 aliphatic carbocycles. The number of imidazole rings is 1. The van der Waals surface area contributed by atoms with Gasteiger partial charge in [0.2, 0.25) is 0 Å². The van der Waals surface area contributed by atoms with Crippen LogP contribution in [0.1, 0.15) is 17.0 Å². The summed E-state index contributed by atoms with van der Waals surface area (Å²) in [4.78, 5) is 8.96. The molecule has 158 valence electrons. The summed E-state index contributed by atoms with van der Waals surface area (Å²) in [6.07, 6.45) is 6.47. The van der Waals surface area contributed by atoms with E-state index in [-0.39, 0.29) is 0 Å². The highest BCUT2D eigenvalue weighted by atomic mass is 35.5. The van der Waals surface area contributed by atoms with Crippen molar-refractivity contribution in [3.63, 3.8) is 0 Å². The van der Waals surface area contributed by atoms with E-state index in [1.807, 2.05) is 43.4 Å². The van der Waals surface area contributed by atoms with E-state index in [1.165, 1.54) is 12.4 Å². The van der Waals surface area contributed by atoms with Crippen molar-refractivity contribution in [2.45, 2.75) is 5.60 Å². The molecule has 0 bridgehead atoms. The van der Waals surface area contributed by atoms with Gasteiger partial charge in [-0.25, -0.2) is 9.97 Å². The molecule has 0 aliphatic rings. The predicted octanol–water partition coefficient (Wildman–Crippen LogP) is 5.02. The predicted molar refractivity (Wildman–Crippen MR) is 125 cm³/mol. The summed E-state index contributed by atoms with van der Waals surface area (Å²) < 4.78 is 1.77. The molecule has 1 atom stereocenters. The van der Waals surface area contributed by atoms with Gasteiger partial charge in [0.05, 0.1) is 16.7 Å². The van der Waals surface area contributed by atoms with Crippen LogP contribution in [0.5, 0.6) is 0 Å². The Morgan fingerprint density at radius 1 is 0.938 bits per heavy atom. The smallest absolute Gasteiger partial charge is 0.174 e. The Kier molecular flexibility index (Phi) is 5.13. The third kappa shape index (κ3) is 3.24. The van der Waals surface area contributed by atoms with E-state index in [0.717, 1.165) is 5.56 Å². The van der Waals surface area contributed by atoms with Crippen molar-refractivity contribution in [3.05, 3.63) is 107 Å². The summed E-state index contributed by atoms with van der Waals surface area (Å²) in [6, 6.07) is 16.7. The van der Waals surface area contributed by atoms with Crippen molar-refractivity contribution in [2.75, 3.05) is 0 Å². The first-order valence-electron chi connectivity index (χ1n) is 9.82. The van der Waals surface area contributed by atoms with Gasteiger partial charge in [-0.05, 0) is 29.3 Å². The maximum Gasteiger partial charge on any atom is 0.174 e. The average molecular weight is 462 g/mol. The molecule has 0 spiro atoms. The van der Waals surface area contributed by atoms with E-state index in [1.54, 1.807) is 35.2 Å². The van der Waals surface area contributed by atoms with E-state index < -0.39 is 5.60 Å². The standard InChI is InChI=1S/C24H17Cl2N5O/c1-31-12-11-27-23(31)24(32,17-9-10-28-29-14-17)16-7-8-19-18(13-16)21(25)20(22(26)30-19)15-5-3-2-4-6-15/h2-14,32H,1H3. The molecule has 5 rings (SSSR count). The highest BCUT2D eigenvalue weighted by Gasteiger charge is 2.38. The summed E-state index contributed by atoms with van der Waals surface area (Å²) in [5.41, 5.74) is 1.64. The second-order valence-corrected chi connectivity index (χ2v) is 8.13. The van der Waals surface area contributed by atoms with Crippen LogP contribution in [-0.4, -0.2) is 29.8 Å². The number of aryl methyl sites for hydroxylation is 1. The van der Waals surface area contributed by atoms with Crippen molar-refractivity contribution in [1.82, 2.24) is 24.7 Å². The zero-order valence-corrected chi connectivity index (χ0v) is 18.5. The number of halogens is 2. The molecule has 8 heteroatoms. The van der Waals surface area contributed by atoms with Crippen molar-refractivity contribution in [3.8, 4) is 11.1 Å². The molecule has 0 radical (unpaired) electrons. The normalized spacial score (nSPS) is 13.2. The van der Waals surface area contributed by atoms with Gasteiger partial charge in [-0.2, -0.15) is 10.2 Å². The third-order valence-corrected chi connectivity index (χ3v) is 6.17. The Morgan fingerprint density at radius 2 is 1.75 bits per heavy atom. The number of hydrogen-bond donors (Lipinski definition) is 1. The molecule has 0 aliphatic heterocycles. The Bertz CT molecular complexity index is 1420. The summed E-state index contributed by atoms with van der Waals surface area (Å²) in [5, 5.41) is 21.3. The number of rotatable bonds is 4. The van der Waals surface area contributed by atoms with E-state index >= 15 is 0 Å². The maximum absolute atomic E-state index is 12.0. The Balaban J connectivity index is 1.79. The van der Waals surface area contributed by atoms with Crippen molar-refractivity contribution < 1.29 is 5.11 Å². The molecule has 0 saturated heterocycles. The van der Waals surface area contributed by atoms with Gasteiger partial charge in [0.1, 0.15) is 11.0 Å². The minimum Gasteiger partial charge on any atom is -0.373 e. The highest BCUT2D eigenvalue weighted by molar-refractivity contribution is 6.42. The Hall–Kier alpha value is -3.32. The fourth-order valence-electron chi connectivity index (χ4n) is 3.92. The van der Waals surface area contributed by atoms with E-state index in [4.69, 9.17) is 23.2 Å². The molecule has 0 fully saturated rings. The number of fused-ring (bicyclic) bond motifs is 1. The van der Waals surface area contributed by atoms with Crippen LogP contribution in [0.3, 0.4) is 0 Å². The monoisotopic (exact) mass is 461 g/mol. The van der Waals surface area contributed by atoms with Crippen LogP contribution in [0.2, 0.25) is 10.2 Å². The molecule has 3 heterocycles. The Morgan fingerprint density at radius 3 is 2.44 bits per heavy atom. The average Bonchev–Trinajstić information content (AvgIpc) is 3.26. The number of nitrogens with zero attached hydrogens (tertiary/aromatic N) is 5. The maximum atomic E-state index is 12.0. The lowest BCUT2D eigenvalue weighted by Crippen LogP contribution is -2.32. The molecular formula is C24H17Cl2N5O. The number of pyridine rings is 1. The van der Waals surface area contributed by atoms with Gasteiger partial charge in [0.25, 0.3) is 0 Å². The van der Waals surface area contributed by atoms with Gasteiger partial charge in [-0.3, -0.25) is 0 Å². The second-order valence-electron chi connectivity index (χ2n) is 7.39. The molecule has 1 N–H and O–H groups in total. The molecule has 0 saturated carbocycles. The first-order valence-corrected chi connectivity index (χ1v) is 10.6. The van der Waals surface area contributed by atoms with Crippen LogP contribution < -0.4 is 0 Å². The molecule has 1 unspecified atom stereocenters. The lowest BCUT2D eigenvalue weighted by Gasteiger charge is -2.28. The number of aromatic nitrogens is 5. The van der Waals surface area contributed by atoms with Crippen LogP contribution in [0.25, 0.3) is 22.0 Å². The van der Waals surface area contributed by atoms with E-state index in [9.17, 15) is 5.11 Å². The lowest BCUT2D eigenvalue weighted by molar-refractivity contribution is 0.112. The fourth-order valence-corrected chi connectivity index (χ4v) is 4.61. The molecule has 6 nitrogen and oxygen atoms in total. The largest absolute Gasteiger partial charge is 0.373 e. The fraction of sp³-hybridized carbons (Fsp3) is 0.0833. The molecule has 0 amide bonds. The summed E-state index contributed by atoms with van der Waals surface area (Å²) in [7, 11) is 1.82. The summed E-state index contributed by atoms with van der Waals surface area (Å²) >= 11 is 13.4. The van der Waals surface area contributed by atoms with Crippen LogP contribution in [0.4, 0.5) is 0 Å². The minimum atomic E-state index is -1.59. The van der Waals surface area contributed by atoms with E-state index in [2.05, 4.69) is 20.2 Å². The van der Waals surface area contributed by atoms with Gasteiger partial charge in [-0.1, -0.05) is 59.6 Å². The first-order chi connectivity index (χ1) is 15.5. The third-order valence-electron chi connectivity index (χ3n) is 5.50. The first kappa shape index (κ1) is 20.6. The van der Waals surface area contributed by atoms with Gasteiger partial charge >= 0.3 is 0 Å². The molecule has 32 heavy (non-hydrogen) atoms. The summed E-state index contributed by atoms with van der Waals surface area (Å²) in [6.45, 7) is 0. The van der Waals surface area contributed by atoms with Gasteiger partial charge in [-0.15, -0.1) is 0 Å².